The summed E-state index contributed by atoms with van der Waals surface area (Å²) in [6.45, 7) is 4.44. The first kappa shape index (κ1) is 20.5. The van der Waals surface area contributed by atoms with Gasteiger partial charge in [-0.2, -0.15) is 0 Å². The second-order valence-corrected chi connectivity index (χ2v) is 5.91. The number of ether oxygens (including phenoxy) is 5. The molecule has 0 aliphatic carbocycles. The van der Waals surface area contributed by atoms with E-state index in [1.165, 1.54) is 0 Å². The highest BCUT2D eigenvalue weighted by Gasteiger charge is 2.54. The van der Waals surface area contributed by atoms with Gasteiger partial charge >= 0.3 is 0 Å². The number of aliphatic hydroxyl groups is 1. The van der Waals surface area contributed by atoms with Crippen molar-refractivity contribution < 1.29 is 28.8 Å². The molecule has 6 heteroatoms. The summed E-state index contributed by atoms with van der Waals surface area (Å²) in [7, 11) is 6.60. The molecule has 0 radical (unpaired) electrons. The van der Waals surface area contributed by atoms with Gasteiger partial charge in [0, 0.05) is 35.0 Å². The van der Waals surface area contributed by atoms with Crippen LogP contribution in [0.2, 0.25) is 0 Å². The van der Waals surface area contributed by atoms with Crippen LogP contribution in [-0.2, 0) is 23.7 Å². The van der Waals surface area contributed by atoms with Crippen LogP contribution in [0.15, 0.2) is 12.7 Å². The van der Waals surface area contributed by atoms with E-state index in [2.05, 4.69) is 6.58 Å². The van der Waals surface area contributed by atoms with Crippen molar-refractivity contribution in [1.82, 2.24) is 0 Å². The third-order valence-corrected chi connectivity index (χ3v) is 4.52. The average molecular weight is 332 g/mol. The predicted molar refractivity (Wildman–Crippen MR) is 87.6 cm³/mol. The normalized spacial score (nSPS) is 34.5. The molecule has 1 saturated heterocycles. The van der Waals surface area contributed by atoms with Gasteiger partial charge < -0.3 is 28.8 Å². The van der Waals surface area contributed by atoms with Gasteiger partial charge in [0.1, 0.15) is 30.0 Å². The Morgan fingerprint density at radius 1 is 1.09 bits per heavy atom. The Morgan fingerprint density at radius 2 is 1.78 bits per heavy atom. The Bertz CT molecular complexity index is 337. The van der Waals surface area contributed by atoms with Crippen molar-refractivity contribution in [2.75, 3.05) is 41.7 Å². The maximum atomic E-state index is 9.09. The second kappa shape index (κ2) is 10.4. The maximum absolute atomic E-state index is 9.09. The molecular weight excluding hydrogens is 300 g/mol. The molecule has 1 fully saturated rings. The molecule has 6 nitrogen and oxygen atoms in total. The summed E-state index contributed by atoms with van der Waals surface area (Å²) in [6.07, 6.45) is 3.68. The lowest BCUT2D eigenvalue weighted by molar-refractivity contribution is -0.291. The van der Waals surface area contributed by atoms with Crippen molar-refractivity contribution in [2.24, 2.45) is 0 Å². The number of hydrogen-bond donors (Lipinski definition) is 1. The van der Waals surface area contributed by atoms with Crippen molar-refractivity contribution in [3.8, 4) is 0 Å². The van der Waals surface area contributed by atoms with Gasteiger partial charge in [0.25, 0.3) is 0 Å². The molecule has 5 atom stereocenters. The predicted octanol–water partition coefficient (Wildman–Crippen LogP) is 1.55. The smallest absolute Gasteiger partial charge is 0.115 e. The molecule has 0 bridgehead atoms. The summed E-state index contributed by atoms with van der Waals surface area (Å²) in [5.41, 5.74) is -0.565. The topological polar surface area (TPSA) is 66.4 Å². The van der Waals surface area contributed by atoms with Crippen LogP contribution < -0.4 is 0 Å². The van der Waals surface area contributed by atoms with E-state index < -0.39 is 5.60 Å². The minimum Gasteiger partial charge on any atom is -0.396 e. The molecule has 0 aromatic rings. The molecule has 1 rings (SSSR count). The molecule has 0 aromatic heterocycles. The Labute approximate surface area is 139 Å². The molecule has 23 heavy (non-hydrogen) atoms. The number of aliphatic hydroxyl groups excluding tert-OH is 1. The van der Waals surface area contributed by atoms with Crippen LogP contribution in [-0.4, -0.2) is 76.8 Å². The highest BCUT2D eigenvalue weighted by molar-refractivity contribution is 5.06. The summed E-state index contributed by atoms with van der Waals surface area (Å²) in [5, 5.41) is 9.09. The molecule has 0 amide bonds. The van der Waals surface area contributed by atoms with Gasteiger partial charge in [-0.1, -0.05) is 6.08 Å². The van der Waals surface area contributed by atoms with E-state index in [1.54, 1.807) is 28.4 Å². The zero-order valence-corrected chi connectivity index (χ0v) is 14.8. The number of methoxy groups -OCH3 is 4. The van der Waals surface area contributed by atoms with Crippen LogP contribution in [0.5, 0.6) is 0 Å². The Balaban J connectivity index is 3.13. The summed E-state index contributed by atoms with van der Waals surface area (Å²) < 4.78 is 28.8. The minimum absolute atomic E-state index is 0.164. The van der Waals surface area contributed by atoms with E-state index in [0.29, 0.717) is 13.0 Å². The van der Waals surface area contributed by atoms with Crippen LogP contribution >= 0.6 is 0 Å². The van der Waals surface area contributed by atoms with Crippen molar-refractivity contribution >= 4 is 0 Å². The Morgan fingerprint density at radius 3 is 2.26 bits per heavy atom. The van der Waals surface area contributed by atoms with Crippen LogP contribution in [0.25, 0.3) is 0 Å². The lowest BCUT2D eigenvalue weighted by Crippen LogP contribution is -2.66. The summed E-state index contributed by atoms with van der Waals surface area (Å²) >= 11 is 0. The Kier molecular flexibility index (Phi) is 9.27. The van der Waals surface area contributed by atoms with Gasteiger partial charge in [0.2, 0.25) is 0 Å². The Hall–Kier alpha value is -0.500. The fourth-order valence-corrected chi connectivity index (χ4v) is 3.55. The zero-order valence-electron chi connectivity index (χ0n) is 14.8. The minimum atomic E-state index is -0.565. The number of hydrogen-bond acceptors (Lipinski definition) is 6. The molecule has 0 aromatic carbocycles. The van der Waals surface area contributed by atoms with Crippen molar-refractivity contribution in [3.63, 3.8) is 0 Å². The summed E-state index contributed by atoms with van der Waals surface area (Å²) in [6, 6.07) is 0. The summed E-state index contributed by atoms with van der Waals surface area (Å²) in [5.74, 6) is 0. The molecular formula is C17H32O6. The molecule has 1 aliphatic rings. The van der Waals surface area contributed by atoms with E-state index in [1.807, 2.05) is 6.08 Å². The van der Waals surface area contributed by atoms with Gasteiger partial charge in [-0.25, -0.2) is 0 Å². The SMILES string of the molecule is C=CC[C@]1(CCCCO)O[C@H](COC)[C@@H](OC)[C@H](OC)[C@@H]1OC. The fourth-order valence-electron chi connectivity index (χ4n) is 3.55. The highest BCUT2D eigenvalue weighted by atomic mass is 16.6. The second-order valence-electron chi connectivity index (χ2n) is 5.91. The van der Waals surface area contributed by atoms with E-state index in [9.17, 15) is 0 Å². The van der Waals surface area contributed by atoms with Crippen molar-refractivity contribution in [2.45, 2.75) is 55.7 Å². The average Bonchev–Trinajstić information content (AvgIpc) is 2.55. The molecule has 0 spiro atoms. The molecule has 1 aliphatic heterocycles. The monoisotopic (exact) mass is 332 g/mol. The molecule has 0 unspecified atom stereocenters. The fraction of sp³-hybridized carbons (Fsp3) is 0.882. The zero-order chi connectivity index (χ0) is 17.3. The third kappa shape index (κ3) is 4.75. The number of unbranched alkanes of at least 4 members (excludes halogenated alkanes) is 1. The first-order valence-corrected chi connectivity index (χ1v) is 8.11. The van der Waals surface area contributed by atoms with E-state index in [4.69, 9.17) is 28.8 Å². The van der Waals surface area contributed by atoms with E-state index in [-0.39, 0.29) is 31.0 Å². The van der Waals surface area contributed by atoms with Crippen LogP contribution in [0, 0.1) is 0 Å². The molecule has 0 saturated carbocycles. The van der Waals surface area contributed by atoms with Crippen LogP contribution in [0.1, 0.15) is 25.7 Å². The first-order valence-electron chi connectivity index (χ1n) is 8.11. The van der Waals surface area contributed by atoms with E-state index in [0.717, 1.165) is 19.3 Å². The molecule has 1 N–H and O–H groups in total. The van der Waals surface area contributed by atoms with Crippen LogP contribution in [0.3, 0.4) is 0 Å². The highest BCUT2D eigenvalue weighted by Crippen LogP contribution is 2.40. The molecule has 136 valence electrons. The summed E-state index contributed by atoms with van der Waals surface area (Å²) in [4.78, 5) is 0. The van der Waals surface area contributed by atoms with Crippen molar-refractivity contribution in [3.05, 3.63) is 12.7 Å². The molecule has 1 heterocycles. The van der Waals surface area contributed by atoms with Gasteiger partial charge in [0.15, 0.2) is 0 Å². The van der Waals surface area contributed by atoms with Gasteiger partial charge in [-0.15, -0.1) is 6.58 Å². The number of rotatable bonds is 11. The standard InChI is InChI=1S/C17H32O6/c1-6-9-17(10-7-8-11-18)16(22-5)15(21-4)14(20-3)13(23-17)12-19-2/h6,13-16,18H,1,7-12H2,2-5H3/t13-,14-,15+,16+,17-/m1/s1. The third-order valence-electron chi connectivity index (χ3n) is 4.52. The van der Waals surface area contributed by atoms with Crippen molar-refractivity contribution in [1.29, 1.82) is 0 Å². The van der Waals surface area contributed by atoms with Crippen LogP contribution in [0.4, 0.5) is 0 Å². The lowest BCUT2D eigenvalue weighted by atomic mass is 9.78. The maximum Gasteiger partial charge on any atom is 0.115 e. The van der Waals surface area contributed by atoms with Gasteiger partial charge in [-0.3, -0.25) is 0 Å². The lowest BCUT2D eigenvalue weighted by Gasteiger charge is -2.52. The van der Waals surface area contributed by atoms with E-state index >= 15 is 0 Å². The first-order chi connectivity index (χ1) is 11.1. The van der Waals surface area contributed by atoms with Gasteiger partial charge in [0.05, 0.1) is 6.61 Å². The largest absolute Gasteiger partial charge is 0.396 e. The van der Waals surface area contributed by atoms with Gasteiger partial charge in [-0.05, 0) is 25.7 Å². The quantitative estimate of drug-likeness (QED) is 0.457.